The minimum Gasteiger partial charge on any atom is -0.508 e. The van der Waals surface area contributed by atoms with Gasteiger partial charge in [0.05, 0.1) is 0 Å². The monoisotopic (exact) mass is 190 g/mol. The van der Waals surface area contributed by atoms with E-state index in [2.05, 4.69) is 11.8 Å². The summed E-state index contributed by atoms with van der Waals surface area (Å²) in [4.78, 5) is 10.2. The van der Waals surface area contributed by atoms with Gasteiger partial charge in [-0.15, -0.1) is 0 Å². The number of aromatic hydroxyl groups is 1. The molecule has 14 heavy (non-hydrogen) atoms. The lowest BCUT2D eigenvalue weighted by Gasteiger charge is -1.99. The van der Waals surface area contributed by atoms with Crippen molar-refractivity contribution in [1.29, 1.82) is 0 Å². The van der Waals surface area contributed by atoms with Crippen LogP contribution in [0.1, 0.15) is 17.5 Å². The molecule has 0 spiro atoms. The summed E-state index contributed by atoms with van der Waals surface area (Å²) in [5.74, 6) is 4.43. The fraction of sp³-hybridized carbons (Fsp3) is 0.182. The quantitative estimate of drug-likeness (QED) is 0.660. The summed E-state index contributed by atoms with van der Waals surface area (Å²) in [7, 11) is 0. The third-order valence-electron chi connectivity index (χ3n) is 1.77. The van der Waals surface area contributed by atoms with E-state index in [-0.39, 0.29) is 12.2 Å². The van der Waals surface area contributed by atoms with E-state index in [1.165, 1.54) is 0 Å². The van der Waals surface area contributed by atoms with Gasteiger partial charge in [0.25, 0.3) is 0 Å². The van der Waals surface area contributed by atoms with Gasteiger partial charge in [-0.1, -0.05) is 17.9 Å². The number of carbonyl (C=O) groups is 1. The van der Waals surface area contributed by atoms with Crippen molar-refractivity contribution in [3.8, 4) is 17.6 Å². The summed E-state index contributed by atoms with van der Waals surface area (Å²) in [6.07, 6.45) is -0.185. The average Bonchev–Trinajstić information content (AvgIpc) is 2.12. The molecule has 72 valence electrons. The molecule has 0 aliphatic rings. The number of carboxylic acids is 1. The van der Waals surface area contributed by atoms with Gasteiger partial charge < -0.3 is 10.2 Å². The molecule has 0 atom stereocenters. The molecule has 0 bridgehead atoms. The van der Waals surface area contributed by atoms with Crippen molar-refractivity contribution in [1.82, 2.24) is 0 Å². The van der Waals surface area contributed by atoms with E-state index in [9.17, 15) is 9.90 Å². The van der Waals surface area contributed by atoms with E-state index in [1.54, 1.807) is 25.1 Å². The summed E-state index contributed by atoms with van der Waals surface area (Å²) in [5.41, 5.74) is 1.33. The number of rotatable bonds is 1. The highest BCUT2D eigenvalue weighted by Crippen LogP contribution is 2.18. The van der Waals surface area contributed by atoms with E-state index >= 15 is 0 Å². The molecule has 0 saturated heterocycles. The van der Waals surface area contributed by atoms with Crippen LogP contribution in [0, 0.1) is 18.8 Å². The van der Waals surface area contributed by atoms with E-state index < -0.39 is 5.97 Å². The van der Waals surface area contributed by atoms with Crippen LogP contribution in [0.15, 0.2) is 18.2 Å². The molecule has 1 rings (SSSR count). The number of benzene rings is 1. The van der Waals surface area contributed by atoms with Gasteiger partial charge in [-0.05, 0) is 19.1 Å². The fourth-order valence-corrected chi connectivity index (χ4v) is 0.974. The second kappa shape index (κ2) is 4.33. The molecule has 0 aliphatic carbocycles. The maximum atomic E-state index is 10.2. The molecule has 3 nitrogen and oxygen atoms in total. The Morgan fingerprint density at radius 1 is 1.50 bits per heavy atom. The first kappa shape index (κ1) is 10.1. The molecule has 0 unspecified atom stereocenters. The molecular formula is C11H10O3. The molecule has 0 amide bonds. The highest BCUT2D eigenvalue weighted by Gasteiger charge is 1.98. The Labute approximate surface area is 82.0 Å². The fourth-order valence-electron chi connectivity index (χ4n) is 0.974. The number of hydrogen-bond donors (Lipinski definition) is 2. The van der Waals surface area contributed by atoms with E-state index in [0.29, 0.717) is 11.1 Å². The van der Waals surface area contributed by atoms with Gasteiger partial charge in [0.2, 0.25) is 0 Å². The van der Waals surface area contributed by atoms with Gasteiger partial charge in [0, 0.05) is 11.1 Å². The molecular weight excluding hydrogens is 180 g/mol. The topological polar surface area (TPSA) is 57.5 Å². The number of aliphatic carboxylic acids is 1. The van der Waals surface area contributed by atoms with Crippen LogP contribution in [0.4, 0.5) is 0 Å². The van der Waals surface area contributed by atoms with Crippen LogP contribution in [-0.4, -0.2) is 16.2 Å². The number of phenols is 1. The smallest absolute Gasteiger partial charge is 0.315 e. The first-order valence-corrected chi connectivity index (χ1v) is 4.10. The van der Waals surface area contributed by atoms with Crippen LogP contribution in [0.5, 0.6) is 5.75 Å². The van der Waals surface area contributed by atoms with Gasteiger partial charge >= 0.3 is 5.97 Å². The maximum Gasteiger partial charge on any atom is 0.315 e. The van der Waals surface area contributed by atoms with Crippen molar-refractivity contribution in [3.05, 3.63) is 29.3 Å². The minimum absolute atomic E-state index is 0.173. The SMILES string of the molecule is Cc1c(O)cccc1C#CCC(=O)O. The second-order valence-corrected chi connectivity index (χ2v) is 2.82. The second-order valence-electron chi connectivity index (χ2n) is 2.82. The first-order chi connectivity index (χ1) is 6.61. The summed E-state index contributed by atoms with van der Waals surface area (Å²) in [6, 6.07) is 4.98. The van der Waals surface area contributed by atoms with Gasteiger partial charge in [-0.25, -0.2) is 0 Å². The lowest BCUT2D eigenvalue weighted by atomic mass is 10.1. The molecule has 0 fully saturated rings. The minimum atomic E-state index is -0.949. The predicted octanol–water partition coefficient (Wildman–Crippen LogP) is 1.53. The molecule has 0 aromatic heterocycles. The molecule has 3 heteroatoms. The van der Waals surface area contributed by atoms with E-state index in [4.69, 9.17) is 5.11 Å². The molecule has 1 aromatic carbocycles. The summed E-state index contributed by atoms with van der Waals surface area (Å²) in [6.45, 7) is 1.74. The lowest BCUT2D eigenvalue weighted by Crippen LogP contribution is -1.90. The van der Waals surface area contributed by atoms with E-state index in [0.717, 1.165) is 0 Å². The molecule has 1 aromatic rings. The Balaban J connectivity index is 2.90. The van der Waals surface area contributed by atoms with Crippen molar-refractivity contribution in [3.63, 3.8) is 0 Å². The summed E-state index contributed by atoms with van der Waals surface area (Å²) >= 11 is 0. The van der Waals surface area contributed by atoms with Crippen LogP contribution in [-0.2, 0) is 4.79 Å². The van der Waals surface area contributed by atoms with Crippen LogP contribution >= 0.6 is 0 Å². The Morgan fingerprint density at radius 3 is 2.86 bits per heavy atom. The largest absolute Gasteiger partial charge is 0.508 e. The lowest BCUT2D eigenvalue weighted by molar-refractivity contribution is -0.135. The highest BCUT2D eigenvalue weighted by molar-refractivity contribution is 5.70. The first-order valence-electron chi connectivity index (χ1n) is 4.10. The van der Waals surface area contributed by atoms with Crippen molar-refractivity contribution in [2.75, 3.05) is 0 Å². The van der Waals surface area contributed by atoms with Crippen LogP contribution in [0.25, 0.3) is 0 Å². The van der Waals surface area contributed by atoms with Crippen molar-refractivity contribution < 1.29 is 15.0 Å². The van der Waals surface area contributed by atoms with Gasteiger partial charge in [-0.2, -0.15) is 0 Å². The molecule has 0 aliphatic heterocycles. The number of phenolic OH excluding ortho intramolecular Hbond substituents is 1. The summed E-state index contributed by atoms with van der Waals surface area (Å²) < 4.78 is 0. The average molecular weight is 190 g/mol. The van der Waals surface area contributed by atoms with Gasteiger partial charge in [-0.3, -0.25) is 4.79 Å². The zero-order valence-electron chi connectivity index (χ0n) is 7.74. The Hall–Kier alpha value is -1.95. The molecule has 2 N–H and O–H groups in total. The number of carboxylic acid groups (broad SMARTS) is 1. The zero-order valence-corrected chi connectivity index (χ0v) is 7.74. The molecule has 0 radical (unpaired) electrons. The highest BCUT2D eigenvalue weighted by atomic mass is 16.4. The number of hydrogen-bond acceptors (Lipinski definition) is 2. The van der Waals surface area contributed by atoms with Gasteiger partial charge in [0.15, 0.2) is 0 Å². The molecule has 0 heterocycles. The van der Waals surface area contributed by atoms with Crippen LogP contribution < -0.4 is 0 Å². The standard InChI is InChI=1S/C11H10O3/c1-8-9(4-2-6-10(8)12)5-3-7-11(13)14/h2,4,6,12H,7H2,1H3,(H,13,14). The third kappa shape index (κ3) is 2.53. The zero-order chi connectivity index (χ0) is 10.6. The predicted molar refractivity (Wildman–Crippen MR) is 52.0 cm³/mol. The third-order valence-corrected chi connectivity index (χ3v) is 1.77. The van der Waals surface area contributed by atoms with Crippen LogP contribution in [0.2, 0.25) is 0 Å². The Bertz CT molecular complexity index is 410. The van der Waals surface area contributed by atoms with Crippen LogP contribution in [0.3, 0.4) is 0 Å². The molecule has 0 saturated carbocycles. The van der Waals surface area contributed by atoms with Crippen molar-refractivity contribution in [2.24, 2.45) is 0 Å². The van der Waals surface area contributed by atoms with Crippen molar-refractivity contribution >= 4 is 5.97 Å². The maximum absolute atomic E-state index is 10.2. The van der Waals surface area contributed by atoms with E-state index in [1.807, 2.05) is 0 Å². The normalized spacial score (nSPS) is 8.93. The van der Waals surface area contributed by atoms with Crippen molar-refractivity contribution in [2.45, 2.75) is 13.3 Å². The Morgan fingerprint density at radius 2 is 2.21 bits per heavy atom. The summed E-state index contributed by atoms with van der Waals surface area (Å²) in [5, 5.41) is 17.7. The Kier molecular flexibility index (Phi) is 3.14. The van der Waals surface area contributed by atoms with Gasteiger partial charge in [0.1, 0.15) is 12.2 Å².